The Bertz CT molecular complexity index is 863. The van der Waals surface area contributed by atoms with Gasteiger partial charge in [0.15, 0.2) is 5.76 Å². The van der Waals surface area contributed by atoms with Gasteiger partial charge < -0.3 is 9.84 Å². The third-order valence-corrected chi connectivity index (χ3v) is 5.01. The van der Waals surface area contributed by atoms with Gasteiger partial charge in [-0.15, -0.1) is 0 Å². The third-order valence-electron chi connectivity index (χ3n) is 5.01. The van der Waals surface area contributed by atoms with E-state index in [0.717, 1.165) is 36.9 Å². The maximum atomic E-state index is 12.1. The first-order valence-electron chi connectivity index (χ1n) is 9.19. The molecule has 0 aliphatic heterocycles. The molecule has 1 heterocycles. The number of aromatic nitrogens is 1. The zero-order valence-corrected chi connectivity index (χ0v) is 14.7. The highest BCUT2D eigenvalue weighted by molar-refractivity contribution is 5.78. The lowest BCUT2D eigenvalue weighted by molar-refractivity contribution is -0.125. The lowest BCUT2D eigenvalue weighted by Crippen LogP contribution is -2.28. The number of hydrogen-bond acceptors (Lipinski definition) is 3. The Morgan fingerprint density at radius 1 is 0.962 bits per heavy atom. The zero-order chi connectivity index (χ0) is 17.8. The van der Waals surface area contributed by atoms with Gasteiger partial charge in [-0.3, -0.25) is 4.79 Å². The van der Waals surface area contributed by atoms with Gasteiger partial charge in [0.1, 0.15) is 5.69 Å². The molecule has 132 valence electrons. The van der Waals surface area contributed by atoms with E-state index in [4.69, 9.17) is 4.52 Å². The van der Waals surface area contributed by atoms with Crippen LogP contribution in [-0.4, -0.2) is 11.1 Å². The molecule has 4 rings (SSSR count). The van der Waals surface area contributed by atoms with Crippen molar-refractivity contribution in [2.24, 2.45) is 5.92 Å². The monoisotopic (exact) mass is 346 g/mol. The lowest BCUT2D eigenvalue weighted by Gasteiger charge is -2.08. The van der Waals surface area contributed by atoms with Crippen LogP contribution in [0.1, 0.15) is 31.4 Å². The van der Waals surface area contributed by atoms with E-state index in [1.54, 1.807) is 0 Å². The molecule has 0 atom stereocenters. The number of hydrogen-bond donors (Lipinski definition) is 1. The minimum Gasteiger partial charge on any atom is -0.359 e. The Morgan fingerprint density at radius 2 is 1.62 bits per heavy atom. The van der Waals surface area contributed by atoms with E-state index in [2.05, 4.69) is 34.7 Å². The zero-order valence-electron chi connectivity index (χ0n) is 14.7. The fourth-order valence-corrected chi connectivity index (χ4v) is 3.50. The summed E-state index contributed by atoms with van der Waals surface area (Å²) >= 11 is 0. The van der Waals surface area contributed by atoms with Gasteiger partial charge in [0.25, 0.3) is 0 Å². The maximum Gasteiger partial charge on any atom is 0.223 e. The van der Waals surface area contributed by atoms with Crippen LogP contribution in [-0.2, 0) is 11.3 Å². The topological polar surface area (TPSA) is 55.1 Å². The summed E-state index contributed by atoms with van der Waals surface area (Å²) in [5.74, 6) is 0.981. The summed E-state index contributed by atoms with van der Waals surface area (Å²) in [6, 6.07) is 20.4. The maximum absolute atomic E-state index is 12.1. The van der Waals surface area contributed by atoms with Crippen LogP contribution in [0.25, 0.3) is 22.4 Å². The number of nitrogens with zero attached hydrogens (tertiary/aromatic N) is 1. The first-order chi connectivity index (χ1) is 12.8. The molecule has 4 heteroatoms. The normalized spacial score (nSPS) is 14.5. The Labute approximate surface area is 153 Å². The molecular weight excluding hydrogens is 324 g/mol. The summed E-state index contributed by atoms with van der Waals surface area (Å²) < 4.78 is 5.38. The molecule has 26 heavy (non-hydrogen) atoms. The van der Waals surface area contributed by atoms with Crippen LogP contribution >= 0.6 is 0 Å². The standard InChI is InChI=1S/C22H22N2O2/c25-22(19-8-4-5-9-19)23-15-20-14-21(24-26-20)18-12-10-17(11-13-18)16-6-2-1-3-7-16/h1-3,6-7,10-14,19H,4-5,8-9,15H2,(H,23,25). The van der Waals surface area contributed by atoms with Crippen molar-refractivity contribution in [3.8, 4) is 22.4 Å². The summed E-state index contributed by atoms with van der Waals surface area (Å²) in [6.07, 6.45) is 4.32. The molecule has 1 fully saturated rings. The molecule has 0 saturated heterocycles. The van der Waals surface area contributed by atoms with Gasteiger partial charge in [0.2, 0.25) is 5.91 Å². The molecule has 1 N–H and O–H groups in total. The quantitative estimate of drug-likeness (QED) is 0.721. The van der Waals surface area contributed by atoms with Crippen LogP contribution in [0.5, 0.6) is 0 Å². The Morgan fingerprint density at radius 3 is 2.35 bits per heavy atom. The van der Waals surface area contributed by atoms with E-state index in [1.165, 1.54) is 11.1 Å². The van der Waals surface area contributed by atoms with E-state index >= 15 is 0 Å². The minimum atomic E-state index is 0.132. The molecule has 0 radical (unpaired) electrons. The van der Waals surface area contributed by atoms with Gasteiger partial charge in [-0.2, -0.15) is 0 Å². The average molecular weight is 346 g/mol. The first-order valence-corrected chi connectivity index (χ1v) is 9.19. The predicted octanol–water partition coefficient (Wildman–Crippen LogP) is 4.82. The second kappa shape index (κ2) is 7.56. The number of amides is 1. The highest BCUT2D eigenvalue weighted by atomic mass is 16.5. The SMILES string of the molecule is O=C(NCc1cc(-c2ccc(-c3ccccc3)cc2)no1)C1CCCC1. The Balaban J connectivity index is 1.40. The smallest absolute Gasteiger partial charge is 0.223 e. The molecule has 1 saturated carbocycles. The molecule has 2 aromatic carbocycles. The van der Waals surface area contributed by atoms with Crippen molar-refractivity contribution in [3.05, 3.63) is 66.4 Å². The van der Waals surface area contributed by atoms with Gasteiger partial charge in [-0.1, -0.05) is 72.6 Å². The Kier molecular flexibility index (Phi) is 4.82. The molecule has 4 nitrogen and oxygen atoms in total. The molecule has 0 bridgehead atoms. The summed E-state index contributed by atoms with van der Waals surface area (Å²) in [5.41, 5.74) is 4.15. The van der Waals surface area contributed by atoms with Crippen molar-refractivity contribution in [1.29, 1.82) is 0 Å². The molecule has 0 spiro atoms. The fourth-order valence-electron chi connectivity index (χ4n) is 3.50. The number of carbonyl (C=O) groups excluding carboxylic acids is 1. The van der Waals surface area contributed by atoms with Gasteiger partial charge in [-0.25, -0.2) is 0 Å². The second-order valence-corrected chi connectivity index (χ2v) is 6.82. The van der Waals surface area contributed by atoms with Crippen LogP contribution in [0.2, 0.25) is 0 Å². The van der Waals surface area contributed by atoms with Crippen molar-refractivity contribution >= 4 is 5.91 Å². The molecule has 1 aliphatic carbocycles. The highest BCUT2D eigenvalue weighted by Crippen LogP contribution is 2.26. The van der Waals surface area contributed by atoms with Gasteiger partial charge in [-0.05, 0) is 24.0 Å². The average Bonchev–Trinajstić information content (AvgIpc) is 3.39. The van der Waals surface area contributed by atoms with Crippen LogP contribution in [0.3, 0.4) is 0 Å². The number of benzene rings is 2. The summed E-state index contributed by atoms with van der Waals surface area (Å²) in [7, 11) is 0. The number of rotatable bonds is 5. The van der Waals surface area contributed by atoms with Crippen LogP contribution in [0.15, 0.2) is 65.2 Å². The number of nitrogens with one attached hydrogen (secondary N) is 1. The van der Waals surface area contributed by atoms with Crippen LogP contribution in [0, 0.1) is 5.92 Å². The molecular formula is C22H22N2O2. The van der Waals surface area contributed by atoms with Gasteiger partial charge in [0, 0.05) is 17.5 Å². The van der Waals surface area contributed by atoms with E-state index in [0.29, 0.717) is 12.3 Å². The van der Waals surface area contributed by atoms with E-state index in [9.17, 15) is 4.79 Å². The third kappa shape index (κ3) is 3.69. The molecule has 1 aromatic heterocycles. The van der Waals surface area contributed by atoms with E-state index in [-0.39, 0.29) is 11.8 Å². The van der Waals surface area contributed by atoms with Crippen molar-refractivity contribution in [3.63, 3.8) is 0 Å². The van der Waals surface area contributed by atoms with E-state index in [1.807, 2.05) is 36.4 Å². The number of carbonyl (C=O) groups is 1. The van der Waals surface area contributed by atoms with Crippen molar-refractivity contribution in [2.75, 3.05) is 0 Å². The van der Waals surface area contributed by atoms with Crippen molar-refractivity contribution < 1.29 is 9.32 Å². The summed E-state index contributed by atoms with van der Waals surface area (Å²) in [4.78, 5) is 12.1. The van der Waals surface area contributed by atoms with Crippen LogP contribution in [0.4, 0.5) is 0 Å². The fraction of sp³-hybridized carbons (Fsp3) is 0.273. The lowest BCUT2D eigenvalue weighted by atomic mass is 10.0. The molecule has 1 aliphatic rings. The largest absolute Gasteiger partial charge is 0.359 e. The van der Waals surface area contributed by atoms with Crippen molar-refractivity contribution in [2.45, 2.75) is 32.2 Å². The predicted molar refractivity (Wildman–Crippen MR) is 101 cm³/mol. The summed E-state index contributed by atoms with van der Waals surface area (Å²) in [6.45, 7) is 0.393. The van der Waals surface area contributed by atoms with Crippen molar-refractivity contribution in [1.82, 2.24) is 10.5 Å². The molecule has 3 aromatic rings. The first kappa shape index (κ1) is 16.6. The van der Waals surface area contributed by atoms with Gasteiger partial charge in [0.05, 0.1) is 6.54 Å². The van der Waals surface area contributed by atoms with Crippen LogP contribution < -0.4 is 5.32 Å². The highest BCUT2D eigenvalue weighted by Gasteiger charge is 2.22. The molecule has 1 amide bonds. The van der Waals surface area contributed by atoms with Gasteiger partial charge >= 0.3 is 0 Å². The Hall–Kier alpha value is -2.88. The second-order valence-electron chi connectivity index (χ2n) is 6.82. The summed E-state index contributed by atoms with van der Waals surface area (Å²) in [5, 5.41) is 7.10. The molecule has 0 unspecified atom stereocenters. The van der Waals surface area contributed by atoms with E-state index < -0.39 is 0 Å². The minimum absolute atomic E-state index is 0.132.